The van der Waals surface area contributed by atoms with Gasteiger partial charge in [0.2, 0.25) is 0 Å². The molecule has 38 heavy (non-hydrogen) atoms. The van der Waals surface area contributed by atoms with Crippen LogP contribution in [0.3, 0.4) is 0 Å². The van der Waals surface area contributed by atoms with E-state index in [1.807, 2.05) is 48.5 Å². The molecule has 0 atom stereocenters. The van der Waals surface area contributed by atoms with E-state index in [0.717, 1.165) is 16.8 Å². The molecule has 0 unspecified atom stereocenters. The van der Waals surface area contributed by atoms with Gasteiger partial charge in [-0.1, -0.05) is 48.0 Å². The van der Waals surface area contributed by atoms with Gasteiger partial charge in [-0.25, -0.2) is 4.68 Å². The lowest BCUT2D eigenvalue weighted by molar-refractivity contribution is -0.117. The maximum absolute atomic E-state index is 13.3. The molecule has 3 heterocycles. The Morgan fingerprint density at radius 3 is 2.50 bits per heavy atom. The molecule has 0 aliphatic carbocycles. The second kappa shape index (κ2) is 11.4. The topological polar surface area (TPSA) is 102 Å². The number of nitrogens with one attached hydrogen (secondary N) is 2. The Bertz CT molecular complexity index is 1560. The van der Waals surface area contributed by atoms with E-state index in [9.17, 15) is 9.59 Å². The van der Waals surface area contributed by atoms with Crippen molar-refractivity contribution in [1.82, 2.24) is 25.4 Å². The van der Waals surface area contributed by atoms with E-state index in [-0.39, 0.29) is 18.0 Å². The lowest BCUT2D eigenvalue weighted by Gasteiger charge is -2.10. The summed E-state index contributed by atoms with van der Waals surface area (Å²) >= 11 is 6.11. The van der Waals surface area contributed by atoms with Crippen LogP contribution < -0.4 is 10.6 Å². The summed E-state index contributed by atoms with van der Waals surface area (Å²) in [5, 5.41) is 10.9. The van der Waals surface area contributed by atoms with Gasteiger partial charge in [0.05, 0.1) is 12.0 Å². The van der Waals surface area contributed by atoms with Crippen LogP contribution in [-0.4, -0.2) is 26.6 Å². The van der Waals surface area contributed by atoms with Gasteiger partial charge in [-0.3, -0.25) is 14.6 Å². The number of para-hydroxylation sites is 1. The van der Waals surface area contributed by atoms with E-state index < -0.39 is 11.8 Å². The Morgan fingerprint density at radius 1 is 0.974 bits per heavy atom. The number of hydrogen-bond donors (Lipinski definition) is 2. The summed E-state index contributed by atoms with van der Waals surface area (Å²) < 4.78 is 6.93. The van der Waals surface area contributed by atoms with Crippen molar-refractivity contribution in [3.63, 3.8) is 0 Å². The fraction of sp³-hybridized carbons (Fsp3) is 0.0345. The minimum atomic E-state index is -0.554. The van der Waals surface area contributed by atoms with E-state index in [1.165, 1.54) is 12.3 Å². The average molecular weight is 524 g/mol. The molecule has 0 aliphatic rings. The highest BCUT2D eigenvalue weighted by molar-refractivity contribution is 6.30. The Balaban J connectivity index is 1.54. The number of rotatable bonds is 8. The van der Waals surface area contributed by atoms with Crippen LogP contribution in [0.15, 0.2) is 114 Å². The number of benzene rings is 2. The molecule has 0 spiro atoms. The molecule has 2 aromatic carbocycles. The molecule has 0 bridgehead atoms. The van der Waals surface area contributed by atoms with Gasteiger partial charge < -0.3 is 15.1 Å². The molecule has 2 amide bonds. The van der Waals surface area contributed by atoms with Crippen LogP contribution in [0.25, 0.3) is 23.0 Å². The summed E-state index contributed by atoms with van der Waals surface area (Å²) in [5.41, 5.74) is 3.69. The van der Waals surface area contributed by atoms with E-state index in [2.05, 4.69) is 15.6 Å². The smallest absolute Gasteiger partial charge is 0.291 e. The van der Waals surface area contributed by atoms with E-state index in [1.54, 1.807) is 53.6 Å². The van der Waals surface area contributed by atoms with Crippen LogP contribution in [0.4, 0.5) is 0 Å². The van der Waals surface area contributed by atoms with Gasteiger partial charge in [0.1, 0.15) is 11.4 Å². The number of carbonyl (C=O) groups excluding carboxylic acids is 2. The maximum Gasteiger partial charge on any atom is 0.291 e. The second-order valence-electron chi connectivity index (χ2n) is 8.25. The van der Waals surface area contributed by atoms with E-state index in [0.29, 0.717) is 16.3 Å². The zero-order chi connectivity index (χ0) is 26.3. The Morgan fingerprint density at radius 2 is 1.79 bits per heavy atom. The Hall–Kier alpha value is -4.95. The number of amides is 2. The monoisotopic (exact) mass is 523 g/mol. The predicted molar refractivity (Wildman–Crippen MR) is 144 cm³/mol. The van der Waals surface area contributed by atoms with E-state index >= 15 is 0 Å². The Kier molecular flexibility index (Phi) is 7.42. The number of carbonyl (C=O) groups is 2. The zero-order valence-electron chi connectivity index (χ0n) is 20.0. The quantitative estimate of drug-likeness (QED) is 0.270. The highest BCUT2D eigenvalue weighted by Gasteiger charge is 2.19. The molecule has 0 saturated carbocycles. The van der Waals surface area contributed by atoms with Crippen molar-refractivity contribution in [2.45, 2.75) is 6.54 Å². The zero-order valence-corrected chi connectivity index (χ0v) is 20.8. The average Bonchev–Trinajstić information content (AvgIpc) is 3.64. The molecular weight excluding hydrogens is 502 g/mol. The largest absolute Gasteiger partial charge is 0.459 e. The SMILES string of the molecule is O=C(NCc1cccnc1)C(=Cc1cn(-c2ccccc2)nc1-c1ccc(Cl)cc1)NC(=O)c1ccco1. The molecule has 5 rings (SSSR count). The molecule has 8 nitrogen and oxygen atoms in total. The highest BCUT2D eigenvalue weighted by atomic mass is 35.5. The number of hydrogen-bond acceptors (Lipinski definition) is 5. The van der Waals surface area contributed by atoms with Crippen molar-refractivity contribution in [3.05, 3.63) is 131 Å². The normalized spacial score (nSPS) is 11.2. The fourth-order valence-electron chi connectivity index (χ4n) is 3.72. The lowest BCUT2D eigenvalue weighted by Crippen LogP contribution is -2.34. The fourth-order valence-corrected chi connectivity index (χ4v) is 3.85. The summed E-state index contributed by atoms with van der Waals surface area (Å²) in [6.07, 6.45) is 8.10. The number of furan rings is 1. The molecule has 0 saturated heterocycles. The van der Waals surface area contributed by atoms with Crippen molar-refractivity contribution >= 4 is 29.5 Å². The van der Waals surface area contributed by atoms with Gasteiger partial charge in [-0.2, -0.15) is 5.10 Å². The van der Waals surface area contributed by atoms with Crippen molar-refractivity contribution < 1.29 is 14.0 Å². The Labute approximate surface area is 223 Å². The minimum absolute atomic E-state index is 0.0260. The van der Waals surface area contributed by atoms with Crippen molar-refractivity contribution in [1.29, 1.82) is 0 Å². The predicted octanol–water partition coefficient (Wildman–Crippen LogP) is 5.27. The summed E-state index contributed by atoms with van der Waals surface area (Å²) in [7, 11) is 0. The lowest BCUT2D eigenvalue weighted by atomic mass is 10.1. The molecule has 0 aliphatic heterocycles. The third kappa shape index (κ3) is 5.88. The summed E-state index contributed by atoms with van der Waals surface area (Å²) in [5.74, 6) is -0.960. The number of nitrogens with zero attached hydrogens (tertiary/aromatic N) is 3. The van der Waals surface area contributed by atoms with Gasteiger partial charge in [0.15, 0.2) is 5.76 Å². The van der Waals surface area contributed by atoms with Crippen LogP contribution >= 0.6 is 11.6 Å². The maximum atomic E-state index is 13.3. The number of pyridine rings is 1. The summed E-state index contributed by atoms with van der Waals surface area (Å²) in [6.45, 7) is 0.230. The first kappa shape index (κ1) is 24.7. The third-order valence-corrected chi connectivity index (χ3v) is 5.85. The number of halogens is 1. The van der Waals surface area contributed by atoms with Gasteiger partial charge in [-0.05, 0) is 54.1 Å². The standard InChI is InChI=1S/C29H22ClN5O3/c30-23-12-10-21(11-13-23)27-22(19-35(34-27)24-7-2-1-3-8-24)16-25(33-29(37)26-9-5-15-38-26)28(36)32-18-20-6-4-14-31-17-20/h1-17,19H,18H2,(H,32,36)(H,33,37). The van der Waals surface area contributed by atoms with E-state index in [4.69, 9.17) is 21.1 Å². The third-order valence-electron chi connectivity index (χ3n) is 5.59. The van der Waals surface area contributed by atoms with Gasteiger partial charge in [0.25, 0.3) is 11.8 Å². The van der Waals surface area contributed by atoms with Gasteiger partial charge in [0, 0.05) is 41.3 Å². The first-order chi connectivity index (χ1) is 18.6. The summed E-state index contributed by atoms with van der Waals surface area (Å²) in [6, 6.07) is 23.6. The molecule has 2 N–H and O–H groups in total. The molecule has 9 heteroatoms. The second-order valence-corrected chi connectivity index (χ2v) is 8.69. The molecule has 188 valence electrons. The molecule has 5 aromatic rings. The minimum Gasteiger partial charge on any atom is -0.459 e. The van der Waals surface area contributed by atoms with Crippen molar-refractivity contribution in [2.75, 3.05) is 0 Å². The molecule has 3 aromatic heterocycles. The van der Waals surface area contributed by atoms with Crippen LogP contribution in [0, 0.1) is 0 Å². The molecule has 0 radical (unpaired) electrons. The number of aromatic nitrogens is 3. The van der Waals surface area contributed by atoms with Crippen LogP contribution in [0.5, 0.6) is 0 Å². The van der Waals surface area contributed by atoms with Crippen LogP contribution in [0.1, 0.15) is 21.7 Å². The first-order valence-corrected chi connectivity index (χ1v) is 12.1. The van der Waals surface area contributed by atoms with Gasteiger partial charge in [-0.15, -0.1) is 0 Å². The summed E-state index contributed by atoms with van der Waals surface area (Å²) in [4.78, 5) is 30.2. The van der Waals surface area contributed by atoms with Crippen LogP contribution in [-0.2, 0) is 11.3 Å². The van der Waals surface area contributed by atoms with Crippen molar-refractivity contribution in [2.24, 2.45) is 0 Å². The van der Waals surface area contributed by atoms with Crippen molar-refractivity contribution in [3.8, 4) is 16.9 Å². The molecular formula is C29H22ClN5O3. The van der Waals surface area contributed by atoms with Crippen LogP contribution in [0.2, 0.25) is 5.02 Å². The molecule has 0 fully saturated rings. The first-order valence-electron chi connectivity index (χ1n) is 11.7. The highest BCUT2D eigenvalue weighted by Crippen LogP contribution is 2.27. The van der Waals surface area contributed by atoms with Gasteiger partial charge >= 0.3 is 0 Å².